The Morgan fingerprint density at radius 2 is 1.97 bits per heavy atom. The van der Waals surface area contributed by atoms with Crippen LogP contribution in [-0.2, 0) is 14.1 Å². The molecule has 3 aromatic heterocycles. The summed E-state index contributed by atoms with van der Waals surface area (Å²) in [5.41, 5.74) is 5.72. The minimum atomic E-state index is -0.109. The molecule has 158 valence electrons. The predicted molar refractivity (Wildman–Crippen MR) is 118 cm³/mol. The summed E-state index contributed by atoms with van der Waals surface area (Å²) in [5.74, 6) is 0.550. The van der Waals surface area contributed by atoms with Gasteiger partial charge in [0.1, 0.15) is 12.3 Å². The van der Waals surface area contributed by atoms with Crippen molar-refractivity contribution in [2.24, 2.45) is 14.1 Å². The van der Waals surface area contributed by atoms with Crippen molar-refractivity contribution in [3.8, 4) is 17.0 Å². The number of nitrogens with zero attached hydrogens (tertiary/aromatic N) is 6. The highest BCUT2D eigenvalue weighted by Crippen LogP contribution is 2.32. The number of benzene rings is 1. The van der Waals surface area contributed by atoms with E-state index in [0.717, 1.165) is 39.0 Å². The summed E-state index contributed by atoms with van der Waals surface area (Å²) >= 11 is 0. The van der Waals surface area contributed by atoms with Gasteiger partial charge >= 0.3 is 0 Å². The average molecular weight is 417 g/mol. The lowest BCUT2D eigenvalue weighted by atomic mass is 10.0. The van der Waals surface area contributed by atoms with E-state index in [-0.39, 0.29) is 5.91 Å². The highest BCUT2D eigenvalue weighted by atomic mass is 16.5. The van der Waals surface area contributed by atoms with E-state index >= 15 is 0 Å². The molecule has 0 spiro atoms. The highest BCUT2D eigenvalue weighted by Gasteiger charge is 2.23. The van der Waals surface area contributed by atoms with Crippen molar-refractivity contribution in [1.29, 1.82) is 0 Å². The molecule has 31 heavy (non-hydrogen) atoms. The van der Waals surface area contributed by atoms with E-state index in [9.17, 15) is 4.79 Å². The Balaban J connectivity index is 1.71. The molecule has 0 saturated heterocycles. The predicted octanol–water partition coefficient (Wildman–Crippen LogP) is 2.64. The summed E-state index contributed by atoms with van der Waals surface area (Å²) in [6.07, 6.45) is 5.67. The lowest BCUT2D eigenvalue weighted by Crippen LogP contribution is -2.32. The SMILES string of the molecule is Cc1nn(C)c2c1/C=C/c1[nH]nc3ccc(cc13)-c1cnn(C)c1OCCN(C)C2=O. The summed E-state index contributed by atoms with van der Waals surface area (Å²) in [5, 5.41) is 17.3. The number of carbonyl (C=O) groups excluding carboxylic acids is 1. The van der Waals surface area contributed by atoms with Crippen molar-refractivity contribution in [2.75, 3.05) is 20.2 Å². The molecule has 0 unspecified atom stereocenters. The molecule has 9 nitrogen and oxygen atoms in total. The first-order chi connectivity index (χ1) is 14.9. The molecule has 1 amide bonds. The zero-order chi connectivity index (χ0) is 21.7. The van der Waals surface area contributed by atoms with Gasteiger partial charge in [-0.15, -0.1) is 0 Å². The van der Waals surface area contributed by atoms with Gasteiger partial charge in [-0.1, -0.05) is 6.07 Å². The van der Waals surface area contributed by atoms with Crippen molar-refractivity contribution in [3.63, 3.8) is 0 Å². The molecule has 0 aliphatic carbocycles. The van der Waals surface area contributed by atoms with E-state index < -0.39 is 0 Å². The van der Waals surface area contributed by atoms with Gasteiger partial charge < -0.3 is 9.64 Å². The third kappa shape index (κ3) is 3.09. The first-order valence-corrected chi connectivity index (χ1v) is 10.0. The average Bonchev–Trinajstić information content (AvgIpc) is 3.40. The van der Waals surface area contributed by atoms with Crippen molar-refractivity contribution >= 4 is 29.0 Å². The van der Waals surface area contributed by atoms with Crippen LogP contribution in [0.2, 0.25) is 0 Å². The summed E-state index contributed by atoms with van der Waals surface area (Å²) in [6, 6.07) is 6.07. The standard InChI is InChI=1S/C22H23N7O2/c1-13-15-6-8-19-16-11-14(5-7-18(16)24-25-19)17-12-23-29(4)22(17)31-10-9-27(2)21(30)20(15)28(3)26-13/h5-8,11-12H,9-10H2,1-4H3,(H,24,25)/b8-6+. The molecule has 1 N–H and O–H groups in total. The maximum Gasteiger partial charge on any atom is 0.272 e. The molecule has 0 atom stereocenters. The van der Waals surface area contributed by atoms with Gasteiger partial charge in [-0.25, -0.2) is 4.68 Å². The molecule has 1 aliphatic rings. The number of rotatable bonds is 0. The fraction of sp³-hybridized carbons (Fsp3) is 0.273. The number of nitrogens with one attached hydrogen (secondary N) is 1. The van der Waals surface area contributed by atoms with Crippen LogP contribution < -0.4 is 4.74 Å². The number of carbonyl (C=O) groups is 1. The molecule has 4 heterocycles. The van der Waals surface area contributed by atoms with E-state index in [2.05, 4.69) is 26.5 Å². The van der Waals surface area contributed by atoms with Crippen molar-refractivity contribution < 1.29 is 9.53 Å². The van der Waals surface area contributed by atoms with E-state index in [1.807, 2.05) is 38.3 Å². The van der Waals surface area contributed by atoms with Crippen LogP contribution in [0.15, 0.2) is 24.4 Å². The monoisotopic (exact) mass is 417 g/mol. The van der Waals surface area contributed by atoms with Gasteiger partial charge in [0, 0.05) is 32.1 Å². The number of hydrogen-bond donors (Lipinski definition) is 1. The van der Waals surface area contributed by atoms with Gasteiger partial charge in [0.2, 0.25) is 5.88 Å². The van der Waals surface area contributed by atoms with Crippen LogP contribution in [0.3, 0.4) is 0 Å². The third-order valence-corrected chi connectivity index (χ3v) is 5.68. The number of amides is 1. The van der Waals surface area contributed by atoms with Crippen LogP contribution in [0.1, 0.15) is 27.4 Å². The van der Waals surface area contributed by atoms with Crippen LogP contribution in [0.4, 0.5) is 0 Å². The fourth-order valence-electron chi connectivity index (χ4n) is 3.98. The van der Waals surface area contributed by atoms with Crippen molar-refractivity contribution in [1.82, 2.24) is 34.7 Å². The molecule has 1 aliphatic heterocycles. The Bertz CT molecular complexity index is 1340. The van der Waals surface area contributed by atoms with Crippen molar-refractivity contribution in [3.05, 3.63) is 47.0 Å². The second kappa shape index (κ2) is 7.12. The number of H-pyrrole nitrogens is 1. The second-order valence-electron chi connectivity index (χ2n) is 7.74. The van der Waals surface area contributed by atoms with Crippen LogP contribution in [-0.4, -0.2) is 60.8 Å². The Hall–Kier alpha value is -3.88. The third-order valence-electron chi connectivity index (χ3n) is 5.68. The molecule has 1 aromatic carbocycles. The van der Waals surface area contributed by atoms with Gasteiger partial charge in [-0.2, -0.15) is 15.3 Å². The number of aryl methyl sites for hydroxylation is 3. The number of ether oxygens (including phenoxy) is 1. The smallest absolute Gasteiger partial charge is 0.272 e. The lowest BCUT2D eigenvalue weighted by molar-refractivity contribution is 0.0760. The molecular weight excluding hydrogens is 394 g/mol. The summed E-state index contributed by atoms with van der Waals surface area (Å²) in [4.78, 5) is 14.9. The zero-order valence-electron chi connectivity index (χ0n) is 17.9. The van der Waals surface area contributed by atoms with Crippen molar-refractivity contribution in [2.45, 2.75) is 6.92 Å². The van der Waals surface area contributed by atoms with E-state index in [4.69, 9.17) is 4.74 Å². The minimum absolute atomic E-state index is 0.109. The number of fused-ring (bicyclic) bond motifs is 4. The highest BCUT2D eigenvalue weighted by molar-refractivity contribution is 5.99. The van der Waals surface area contributed by atoms with Gasteiger partial charge in [-0.3, -0.25) is 14.6 Å². The Labute approximate surface area is 178 Å². The van der Waals surface area contributed by atoms with E-state index in [0.29, 0.717) is 24.7 Å². The molecule has 9 heteroatoms. The first-order valence-electron chi connectivity index (χ1n) is 10.0. The van der Waals surface area contributed by atoms with Gasteiger partial charge in [-0.05, 0) is 36.8 Å². The van der Waals surface area contributed by atoms with Crippen LogP contribution in [0, 0.1) is 6.92 Å². The van der Waals surface area contributed by atoms with E-state index in [1.54, 1.807) is 34.6 Å². The maximum absolute atomic E-state index is 13.2. The molecule has 0 fully saturated rings. The Kier molecular flexibility index (Phi) is 4.39. The maximum atomic E-state index is 13.2. The quantitative estimate of drug-likeness (QED) is 0.475. The molecular formula is C22H23N7O2. The van der Waals surface area contributed by atoms with Crippen LogP contribution in [0.5, 0.6) is 5.88 Å². The second-order valence-corrected chi connectivity index (χ2v) is 7.74. The van der Waals surface area contributed by atoms with Gasteiger partial charge in [0.15, 0.2) is 0 Å². The summed E-state index contributed by atoms with van der Waals surface area (Å²) in [6.45, 7) is 2.68. The topological polar surface area (TPSA) is 93.9 Å². The first kappa shape index (κ1) is 19.1. The molecule has 2 bridgehead atoms. The normalized spacial score (nSPS) is 15.4. The summed E-state index contributed by atoms with van der Waals surface area (Å²) in [7, 11) is 5.40. The Morgan fingerprint density at radius 3 is 2.81 bits per heavy atom. The number of aromatic amines is 1. The lowest BCUT2D eigenvalue weighted by Gasteiger charge is -2.18. The van der Waals surface area contributed by atoms with Gasteiger partial charge in [0.25, 0.3) is 5.91 Å². The minimum Gasteiger partial charge on any atom is -0.476 e. The van der Waals surface area contributed by atoms with Gasteiger partial charge in [0.05, 0.1) is 35.2 Å². The largest absolute Gasteiger partial charge is 0.476 e. The molecule has 4 aromatic rings. The number of likely N-dealkylation sites (N-methyl/N-ethyl adjacent to an activating group) is 1. The summed E-state index contributed by atoms with van der Waals surface area (Å²) < 4.78 is 9.41. The number of hydrogen-bond acceptors (Lipinski definition) is 5. The van der Waals surface area contributed by atoms with Crippen LogP contribution >= 0.6 is 0 Å². The molecule has 0 radical (unpaired) electrons. The zero-order valence-corrected chi connectivity index (χ0v) is 17.9. The molecule has 0 saturated carbocycles. The van der Waals surface area contributed by atoms with E-state index in [1.165, 1.54) is 0 Å². The fourth-order valence-corrected chi connectivity index (χ4v) is 3.98. The number of aromatic nitrogens is 6. The Morgan fingerprint density at radius 1 is 1.13 bits per heavy atom. The van der Waals surface area contributed by atoms with Crippen LogP contribution in [0.25, 0.3) is 34.2 Å². The molecule has 5 rings (SSSR count).